The summed E-state index contributed by atoms with van der Waals surface area (Å²) in [4.78, 5) is 3.94. The lowest BCUT2D eigenvalue weighted by atomic mass is 10.0. The summed E-state index contributed by atoms with van der Waals surface area (Å²) in [6, 6.07) is 6.59. The Bertz CT molecular complexity index is 473. The second kappa shape index (κ2) is 5.70. The maximum Gasteiger partial charge on any atom is 0.214 e. The first-order valence-electron chi connectivity index (χ1n) is 5.47. The molecule has 2 aromatic rings. The van der Waals surface area contributed by atoms with Crippen LogP contribution in [0, 0.1) is 0 Å². The first-order valence-corrected chi connectivity index (χ1v) is 5.47. The third-order valence-corrected chi connectivity index (χ3v) is 2.68. The van der Waals surface area contributed by atoms with Crippen molar-refractivity contribution in [2.24, 2.45) is 5.73 Å². The number of aromatic nitrogens is 2. The van der Waals surface area contributed by atoms with E-state index in [2.05, 4.69) is 14.7 Å². The van der Waals surface area contributed by atoms with Gasteiger partial charge in [-0.2, -0.15) is 4.98 Å². The monoisotopic (exact) mass is 251 g/mol. The fourth-order valence-electron chi connectivity index (χ4n) is 1.76. The summed E-state index contributed by atoms with van der Waals surface area (Å²) < 4.78 is 22.4. The van der Waals surface area contributed by atoms with Crippen molar-refractivity contribution in [1.82, 2.24) is 10.1 Å². The number of nitrogens with two attached hydrogens (primary N) is 1. The van der Waals surface area contributed by atoms with Crippen LogP contribution in [0.3, 0.4) is 0 Å². The van der Waals surface area contributed by atoms with Crippen molar-refractivity contribution in [2.75, 3.05) is 13.8 Å². The molecule has 2 rings (SSSR count). The Hall–Kier alpha value is -1.79. The Labute approximate surface area is 104 Å². The Kier molecular flexibility index (Phi) is 4.01. The van der Waals surface area contributed by atoms with E-state index in [1.165, 1.54) is 13.5 Å². The van der Waals surface area contributed by atoms with Crippen molar-refractivity contribution in [3.63, 3.8) is 0 Å². The van der Waals surface area contributed by atoms with E-state index in [-0.39, 0.29) is 0 Å². The molecule has 0 saturated heterocycles. The number of methoxy groups -OCH3 is 1. The van der Waals surface area contributed by atoms with Crippen LogP contribution in [0.4, 0.5) is 4.39 Å². The molecule has 96 valence electrons. The molecule has 2 atom stereocenters. The zero-order valence-electron chi connectivity index (χ0n) is 9.91. The van der Waals surface area contributed by atoms with E-state index < -0.39 is 18.8 Å². The molecule has 1 aromatic heterocycles. The highest BCUT2D eigenvalue weighted by Gasteiger charge is 2.19. The van der Waals surface area contributed by atoms with Gasteiger partial charge in [-0.05, 0) is 5.56 Å². The van der Waals surface area contributed by atoms with Gasteiger partial charge in [-0.15, -0.1) is 0 Å². The summed E-state index contributed by atoms with van der Waals surface area (Å²) in [7, 11) is 1.51. The van der Waals surface area contributed by atoms with Gasteiger partial charge in [-0.25, -0.2) is 4.39 Å². The van der Waals surface area contributed by atoms with Crippen molar-refractivity contribution in [2.45, 2.75) is 12.1 Å². The maximum absolute atomic E-state index is 12.6. The molecule has 0 aliphatic heterocycles. The molecule has 0 amide bonds. The minimum Gasteiger partial charge on any atom is -0.375 e. The van der Waals surface area contributed by atoms with Gasteiger partial charge in [0.1, 0.15) is 6.67 Å². The minimum absolute atomic E-state index is 0.464. The first kappa shape index (κ1) is 12.7. The third-order valence-electron chi connectivity index (χ3n) is 2.68. The van der Waals surface area contributed by atoms with Gasteiger partial charge in [0, 0.05) is 12.7 Å². The molecule has 0 aliphatic rings. The molecule has 5 nitrogen and oxygen atoms in total. The maximum atomic E-state index is 12.6. The highest BCUT2D eigenvalue weighted by molar-refractivity contribution is 5.54. The van der Waals surface area contributed by atoms with Crippen LogP contribution in [0.1, 0.15) is 11.7 Å². The highest BCUT2D eigenvalue weighted by Crippen LogP contribution is 2.23. The topological polar surface area (TPSA) is 74.2 Å². The van der Waals surface area contributed by atoms with Crippen molar-refractivity contribution in [1.29, 1.82) is 0 Å². The number of hydrogen-bond acceptors (Lipinski definition) is 5. The number of benzene rings is 1. The zero-order chi connectivity index (χ0) is 13.0. The van der Waals surface area contributed by atoms with Crippen molar-refractivity contribution >= 4 is 0 Å². The lowest BCUT2D eigenvalue weighted by molar-refractivity contribution is 0.0721. The Morgan fingerprint density at radius 2 is 2.11 bits per heavy atom. The molecule has 0 bridgehead atoms. The molecular weight excluding hydrogens is 237 g/mol. The van der Waals surface area contributed by atoms with Gasteiger partial charge < -0.3 is 15.0 Å². The number of hydrogen-bond donors (Lipinski definition) is 1. The lowest BCUT2D eigenvalue weighted by Gasteiger charge is -2.20. The predicted molar refractivity (Wildman–Crippen MR) is 63.4 cm³/mol. The quantitative estimate of drug-likeness (QED) is 0.875. The van der Waals surface area contributed by atoms with Crippen LogP contribution in [-0.2, 0) is 4.74 Å². The smallest absolute Gasteiger partial charge is 0.214 e. The van der Waals surface area contributed by atoms with Crippen LogP contribution in [0.25, 0.3) is 11.4 Å². The first-order chi connectivity index (χ1) is 8.76. The molecular formula is C12H14FN3O2. The average Bonchev–Trinajstić information content (AvgIpc) is 2.94. The van der Waals surface area contributed by atoms with Crippen LogP contribution in [0.15, 0.2) is 35.2 Å². The molecule has 1 aromatic carbocycles. The van der Waals surface area contributed by atoms with E-state index in [0.29, 0.717) is 5.82 Å². The standard InChI is InChI=1S/C12H14FN3O2/c1-17-11(10(14)6-13)8-2-4-9(5-3-8)12-15-7-18-16-12/h2-5,7,10-11H,6,14H2,1H3. The SMILES string of the molecule is COC(c1ccc(-c2ncon2)cc1)C(N)CF. The van der Waals surface area contributed by atoms with E-state index in [4.69, 9.17) is 10.5 Å². The molecule has 0 saturated carbocycles. The Morgan fingerprint density at radius 3 is 2.61 bits per heavy atom. The van der Waals surface area contributed by atoms with Crippen molar-refractivity contribution in [3.05, 3.63) is 36.2 Å². The molecule has 0 aliphatic carbocycles. The third kappa shape index (κ3) is 2.55. The average molecular weight is 251 g/mol. The van der Waals surface area contributed by atoms with Gasteiger partial charge >= 0.3 is 0 Å². The number of rotatable bonds is 5. The Morgan fingerprint density at radius 1 is 1.39 bits per heavy atom. The van der Waals surface area contributed by atoms with Crippen LogP contribution >= 0.6 is 0 Å². The lowest BCUT2D eigenvalue weighted by Crippen LogP contribution is -2.31. The Balaban J connectivity index is 2.21. The molecule has 0 fully saturated rings. The van der Waals surface area contributed by atoms with Gasteiger partial charge in [-0.3, -0.25) is 0 Å². The van der Waals surface area contributed by atoms with Crippen molar-refractivity contribution in [3.8, 4) is 11.4 Å². The number of alkyl halides is 1. The van der Waals surface area contributed by atoms with Crippen LogP contribution < -0.4 is 5.73 Å². The predicted octanol–water partition coefficient (Wildman–Crippen LogP) is 1.72. The van der Waals surface area contributed by atoms with E-state index in [1.807, 2.05) is 24.3 Å². The van der Waals surface area contributed by atoms with E-state index in [1.54, 1.807) is 0 Å². The van der Waals surface area contributed by atoms with Crippen molar-refractivity contribution < 1.29 is 13.7 Å². The molecule has 0 spiro atoms. The summed E-state index contributed by atoms with van der Waals surface area (Å²) in [5.74, 6) is 0.505. The van der Waals surface area contributed by atoms with Gasteiger partial charge in [0.25, 0.3) is 0 Å². The summed E-state index contributed by atoms with van der Waals surface area (Å²) in [6.45, 7) is -0.634. The van der Waals surface area contributed by atoms with Gasteiger partial charge in [0.05, 0.1) is 12.1 Å². The molecule has 18 heavy (non-hydrogen) atoms. The van der Waals surface area contributed by atoms with Crippen LogP contribution in [0.5, 0.6) is 0 Å². The van der Waals surface area contributed by atoms with E-state index in [9.17, 15) is 4.39 Å². The van der Waals surface area contributed by atoms with Gasteiger partial charge in [0.15, 0.2) is 0 Å². The minimum atomic E-state index is -0.675. The fourth-order valence-corrected chi connectivity index (χ4v) is 1.76. The highest BCUT2D eigenvalue weighted by atomic mass is 19.1. The molecule has 6 heteroatoms. The van der Waals surface area contributed by atoms with E-state index in [0.717, 1.165) is 11.1 Å². The second-order valence-electron chi connectivity index (χ2n) is 3.85. The summed E-state index contributed by atoms with van der Waals surface area (Å²) in [5, 5.41) is 3.73. The van der Waals surface area contributed by atoms with E-state index >= 15 is 0 Å². The van der Waals surface area contributed by atoms with Gasteiger partial charge in [-0.1, -0.05) is 29.4 Å². The number of halogens is 1. The fraction of sp³-hybridized carbons (Fsp3) is 0.333. The van der Waals surface area contributed by atoms with Crippen LogP contribution in [0.2, 0.25) is 0 Å². The normalized spacial score (nSPS) is 14.4. The number of nitrogens with zero attached hydrogens (tertiary/aromatic N) is 2. The van der Waals surface area contributed by atoms with Crippen LogP contribution in [-0.4, -0.2) is 30.0 Å². The molecule has 2 N–H and O–H groups in total. The number of ether oxygens (including phenoxy) is 1. The summed E-state index contributed by atoms with van der Waals surface area (Å²) >= 11 is 0. The molecule has 1 heterocycles. The van der Waals surface area contributed by atoms with Gasteiger partial charge in [0.2, 0.25) is 12.2 Å². The molecule has 0 radical (unpaired) electrons. The largest absolute Gasteiger partial charge is 0.375 e. The molecule has 2 unspecified atom stereocenters. The zero-order valence-corrected chi connectivity index (χ0v) is 9.91. The summed E-state index contributed by atoms with van der Waals surface area (Å²) in [5.41, 5.74) is 7.28. The second-order valence-corrected chi connectivity index (χ2v) is 3.85. The summed E-state index contributed by atoms with van der Waals surface area (Å²) in [6.07, 6.45) is 0.801.